The van der Waals surface area contributed by atoms with Crippen molar-refractivity contribution in [2.45, 2.75) is 0 Å². The summed E-state index contributed by atoms with van der Waals surface area (Å²) in [7, 11) is 0. The normalized spacial score (nSPS) is 11.2. The van der Waals surface area contributed by atoms with E-state index in [1.807, 2.05) is 48.5 Å². The molecule has 0 aliphatic rings. The van der Waals surface area contributed by atoms with Gasteiger partial charge >= 0.3 is 0 Å². The lowest BCUT2D eigenvalue weighted by Crippen LogP contribution is -2.17. The second kappa shape index (κ2) is 5.36. The molecule has 4 aromatic rings. The molecule has 0 unspecified atom stereocenters. The fraction of sp³-hybridized carbons (Fsp3) is 0. The summed E-state index contributed by atoms with van der Waals surface area (Å²) in [4.78, 5) is 19.7. The third-order valence-electron chi connectivity index (χ3n) is 3.52. The van der Waals surface area contributed by atoms with Gasteiger partial charge in [-0.3, -0.25) is 4.79 Å². The summed E-state index contributed by atoms with van der Waals surface area (Å²) in [6.07, 6.45) is 0. The molecular formula is C16H9BrN4OS. The van der Waals surface area contributed by atoms with Crippen molar-refractivity contribution in [1.82, 2.24) is 19.6 Å². The van der Waals surface area contributed by atoms with Gasteiger partial charge in [-0.25, -0.2) is 4.98 Å². The summed E-state index contributed by atoms with van der Waals surface area (Å²) in [5.41, 5.74) is 2.02. The summed E-state index contributed by atoms with van der Waals surface area (Å²) in [5, 5.41) is 5.19. The van der Waals surface area contributed by atoms with E-state index in [1.54, 1.807) is 0 Å². The molecule has 4 rings (SSSR count). The number of nitrogens with one attached hydrogen (secondary N) is 1. The molecule has 5 nitrogen and oxygen atoms in total. The molecule has 0 atom stereocenters. The number of H-pyrrole nitrogens is 1. The van der Waals surface area contributed by atoms with E-state index in [1.165, 1.54) is 4.52 Å². The van der Waals surface area contributed by atoms with Gasteiger partial charge in [-0.2, -0.15) is 9.61 Å². The maximum atomic E-state index is 12.5. The van der Waals surface area contributed by atoms with Crippen molar-refractivity contribution >= 4 is 44.7 Å². The van der Waals surface area contributed by atoms with E-state index in [4.69, 9.17) is 12.2 Å². The number of rotatable bonds is 1. The second-order valence-corrected chi connectivity index (χ2v) is 6.27. The molecule has 23 heavy (non-hydrogen) atoms. The highest BCUT2D eigenvalue weighted by molar-refractivity contribution is 9.10. The van der Waals surface area contributed by atoms with E-state index in [9.17, 15) is 4.79 Å². The molecule has 7 heteroatoms. The Morgan fingerprint density at radius 1 is 1.13 bits per heavy atom. The van der Waals surface area contributed by atoms with Gasteiger partial charge in [0.15, 0.2) is 5.69 Å². The van der Waals surface area contributed by atoms with Gasteiger partial charge in [0.2, 0.25) is 4.77 Å². The summed E-state index contributed by atoms with van der Waals surface area (Å²) >= 11 is 8.75. The number of halogens is 1. The minimum absolute atomic E-state index is 0.266. The Hall–Kier alpha value is -2.38. The second-order valence-electron chi connectivity index (χ2n) is 4.99. The van der Waals surface area contributed by atoms with Crippen LogP contribution in [0.1, 0.15) is 0 Å². The first-order valence-electron chi connectivity index (χ1n) is 6.81. The van der Waals surface area contributed by atoms with Gasteiger partial charge in [0.1, 0.15) is 5.65 Å². The lowest BCUT2D eigenvalue weighted by Gasteiger charge is -2.07. The van der Waals surface area contributed by atoms with Gasteiger partial charge in [-0.15, -0.1) is 0 Å². The van der Waals surface area contributed by atoms with E-state index in [2.05, 4.69) is 31.0 Å². The summed E-state index contributed by atoms with van der Waals surface area (Å²) in [5.74, 6) is 0. The molecule has 0 amide bonds. The predicted octanol–water partition coefficient (Wildman–Crippen LogP) is 3.73. The van der Waals surface area contributed by atoms with E-state index in [0.29, 0.717) is 21.6 Å². The van der Waals surface area contributed by atoms with Gasteiger partial charge in [0, 0.05) is 15.4 Å². The van der Waals surface area contributed by atoms with Crippen LogP contribution in [0.25, 0.3) is 27.8 Å². The number of aromatic amines is 1. The van der Waals surface area contributed by atoms with Crippen LogP contribution in [-0.4, -0.2) is 19.6 Å². The van der Waals surface area contributed by atoms with Crippen LogP contribution >= 0.6 is 28.1 Å². The number of fused-ring (bicyclic) bond motifs is 3. The highest BCUT2D eigenvalue weighted by Crippen LogP contribution is 2.21. The predicted molar refractivity (Wildman–Crippen MR) is 95.1 cm³/mol. The van der Waals surface area contributed by atoms with Gasteiger partial charge in [0.25, 0.3) is 5.56 Å². The zero-order valence-electron chi connectivity index (χ0n) is 11.7. The summed E-state index contributed by atoms with van der Waals surface area (Å²) in [6.45, 7) is 0. The van der Waals surface area contributed by atoms with Crippen molar-refractivity contribution in [2.75, 3.05) is 0 Å². The van der Waals surface area contributed by atoms with Crippen LogP contribution in [0.3, 0.4) is 0 Å². The fourth-order valence-corrected chi connectivity index (χ4v) is 3.06. The first-order chi connectivity index (χ1) is 11.1. The average molecular weight is 385 g/mol. The van der Waals surface area contributed by atoms with Crippen molar-refractivity contribution in [3.8, 4) is 11.3 Å². The number of aromatic nitrogens is 4. The van der Waals surface area contributed by atoms with Crippen LogP contribution in [0, 0.1) is 4.77 Å². The Labute approximate surface area is 143 Å². The summed E-state index contributed by atoms with van der Waals surface area (Å²) < 4.78 is 2.68. The minimum atomic E-state index is -0.266. The molecule has 1 N–H and O–H groups in total. The molecule has 0 aliphatic carbocycles. The van der Waals surface area contributed by atoms with E-state index >= 15 is 0 Å². The maximum Gasteiger partial charge on any atom is 0.277 e. The quantitative estimate of drug-likeness (QED) is 0.401. The third kappa shape index (κ3) is 2.38. The van der Waals surface area contributed by atoms with E-state index in [-0.39, 0.29) is 5.56 Å². The fourth-order valence-electron chi connectivity index (χ4n) is 2.47. The van der Waals surface area contributed by atoms with Crippen LogP contribution in [0.2, 0.25) is 0 Å². The zero-order chi connectivity index (χ0) is 16.0. The molecule has 0 saturated heterocycles. The number of benzene rings is 2. The zero-order valence-corrected chi connectivity index (χ0v) is 14.1. The lowest BCUT2D eigenvalue weighted by atomic mass is 10.2. The molecule has 0 spiro atoms. The van der Waals surface area contributed by atoms with Crippen LogP contribution in [0.15, 0.2) is 57.8 Å². The SMILES string of the molecule is O=c1[nH]c2c3cc(Br)ccc3nc(=S)n2nc1-c1ccccc1. The Balaban J connectivity index is 2.15. The van der Waals surface area contributed by atoms with Gasteiger partial charge in [-0.05, 0) is 30.4 Å². The molecule has 2 heterocycles. The monoisotopic (exact) mass is 384 g/mol. The summed E-state index contributed by atoms with van der Waals surface area (Å²) in [6, 6.07) is 14.9. The van der Waals surface area contributed by atoms with Gasteiger partial charge in [0.05, 0.1) is 5.52 Å². The van der Waals surface area contributed by atoms with E-state index in [0.717, 1.165) is 15.4 Å². The standard InChI is InChI=1S/C16H9BrN4OS/c17-10-6-7-12-11(8-10)14-19-15(22)13(9-4-2-1-3-5-9)20-21(14)16(23)18-12/h1-8H,(H,19,22). The molecule has 0 saturated carbocycles. The lowest BCUT2D eigenvalue weighted by molar-refractivity contribution is 0.856. The van der Waals surface area contributed by atoms with Crippen LogP contribution in [-0.2, 0) is 0 Å². The van der Waals surface area contributed by atoms with Crippen LogP contribution in [0.5, 0.6) is 0 Å². The van der Waals surface area contributed by atoms with Crippen molar-refractivity contribution in [3.05, 3.63) is 68.1 Å². The Kier molecular flexibility index (Phi) is 3.32. The Morgan fingerprint density at radius 2 is 1.91 bits per heavy atom. The van der Waals surface area contributed by atoms with Gasteiger partial charge in [-0.1, -0.05) is 46.3 Å². The highest BCUT2D eigenvalue weighted by Gasteiger charge is 2.11. The van der Waals surface area contributed by atoms with Crippen molar-refractivity contribution in [3.63, 3.8) is 0 Å². The Bertz CT molecular complexity index is 1170. The van der Waals surface area contributed by atoms with Crippen molar-refractivity contribution in [1.29, 1.82) is 0 Å². The topological polar surface area (TPSA) is 63.0 Å². The number of hydrogen-bond acceptors (Lipinski definition) is 4. The molecule has 0 radical (unpaired) electrons. The largest absolute Gasteiger partial charge is 0.304 e. The molecular weight excluding hydrogens is 376 g/mol. The molecule has 0 fully saturated rings. The van der Waals surface area contributed by atoms with E-state index < -0.39 is 0 Å². The van der Waals surface area contributed by atoms with Crippen molar-refractivity contribution < 1.29 is 0 Å². The molecule has 112 valence electrons. The number of nitrogens with zero attached hydrogens (tertiary/aromatic N) is 3. The molecule has 0 bridgehead atoms. The highest BCUT2D eigenvalue weighted by atomic mass is 79.9. The third-order valence-corrected chi connectivity index (χ3v) is 4.27. The Morgan fingerprint density at radius 3 is 2.70 bits per heavy atom. The minimum Gasteiger partial charge on any atom is -0.304 e. The molecule has 0 aliphatic heterocycles. The van der Waals surface area contributed by atoms with Crippen LogP contribution < -0.4 is 5.56 Å². The molecule has 2 aromatic heterocycles. The first-order valence-corrected chi connectivity index (χ1v) is 8.02. The van der Waals surface area contributed by atoms with Crippen LogP contribution in [0.4, 0.5) is 0 Å². The van der Waals surface area contributed by atoms with Gasteiger partial charge < -0.3 is 4.98 Å². The smallest absolute Gasteiger partial charge is 0.277 e. The first kappa shape index (κ1) is 14.2. The number of hydrogen-bond donors (Lipinski definition) is 1. The average Bonchev–Trinajstić information content (AvgIpc) is 2.56. The maximum absolute atomic E-state index is 12.5. The van der Waals surface area contributed by atoms with Crippen molar-refractivity contribution in [2.24, 2.45) is 0 Å². The molecule has 2 aromatic carbocycles.